The van der Waals surface area contributed by atoms with Crippen molar-refractivity contribution in [1.82, 2.24) is 16.0 Å². The topological polar surface area (TPSA) is 111 Å². The van der Waals surface area contributed by atoms with Crippen LogP contribution in [0.25, 0.3) is 0 Å². The average Bonchev–Trinajstić information content (AvgIpc) is 3.02. The zero-order valence-corrected chi connectivity index (χ0v) is 13.6. The third-order valence-electron chi connectivity index (χ3n) is 7.70. The van der Waals surface area contributed by atoms with Crippen molar-refractivity contribution in [3.63, 3.8) is 0 Å². The molecule has 2 aliphatic heterocycles. The number of benzene rings is 1. The van der Waals surface area contributed by atoms with Crippen LogP contribution in [0.5, 0.6) is 5.75 Å². The molecule has 2 bridgehead atoms. The molecule has 5 N–H and O–H groups in total. The summed E-state index contributed by atoms with van der Waals surface area (Å²) < 4.78 is 0. The highest BCUT2D eigenvalue weighted by Crippen LogP contribution is 2.72. The number of aliphatic hydroxyl groups is 1. The first-order valence-corrected chi connectivity index (χ1v) is 8.79. The zero-order valence-electron chi connectivity index (χ0n) is 13.6. The van der Waals surface area contributed by atoms with E-state index in [2.05, 4.69) is 16.0 Å². The SMILES string of the molecule is O=C1NC(=O)[C@@]2(CCC3(O)C4NCC45CC3(C2)c2cc(O)ccc25)N1. The van der Waals surface area contributed by atoms with Crippen LogP contribution in [0.1, 0.15) is 36.8 Å². The molecule has 2 saturated carbocycles. The highest BCUT2D eigenvalue weighted by molar-refractivity contribution is 6.07. The smallest absolute Gasteiger partial charge is 0.322 e. The number of nitrogens with one attached hydrogen (secondary N) is 3. The number of aromatic hydroxyl groups is 1. The first-order chi connectivity index (χ1) is 11.9. The van der Waals surface area contributed by atoms with Gasteiger partial charge in [-0.25, -0.2) is 4.79 Å². The van der Waals surface area contributed by atoms with Gasteiger partial charge in [0.1, 0.15) is 11.3 Å². The van der Waals surface area contributed by atoms with Gasteiger partial charge in [0.05, 0.1) is 5.60 Å². The van der Waals surface area contributed by atoms with E-state index in [-0.39, 0.29) is 23.1 Å². The van der Waals surface area contributed by atoms with Gasteiger partial charge in [-0.3, -0.25) is 10.1 Å². The van der Waals surface area contributed by atoms with Crippen LogP contribution in [-0.4, -0.2) is 45.9 Å². The summed E-state index contributed by atoms with van der Waals surface area (Å²) in [4.78, 5) is 24.3. The Bertz CT molecular complexity index is 887. The molecular weight excluding hydrogens is 322 g/mol. The van der Waals surface area contributed by atoms with Crippen LogP contribution in [0.4, 0.5) is 4.79 Å². The standard InChI is InChI=1S/C18H19N3O4/c22-9-1-2-10-11(5-9)16-6-15(10)8-19-12(15)18(16,25)4-3-17(7-16)13(23)20-14(24)21-17/h1-2,5,12,19,22,25H,3-4,6-8H2,(H2,20,21,23,24)/t12?,15?,16?,17-,18?/m0/s1. The lowest BCUT2D eigenvalue weighted by Gasteiger charge is -2.59. The van der Waals surface area contributed by atoms with E-state index >= 15 is 0 Å². The molecule has 5 aliphatic rings. The van der Waals surface area contributed by atoms with Gasteiger partial charge in [-0.1, -0.05) is 6.07 Å². The molecule has 7 heteroatoms. The second kappa shape index (κ2) is 3.68. The largest absolute Gasteiger partial charge is 0.508 e. The first kappa shape index (κ1) is 14.1. The molecule has 3 amide bonds. The number of rotatable bonds is 0. The molecule has 130 valence electrons. The van der Waals surface area contributed by atoms with Gasteiger partial charge < -0.3 is 20.8 Å². The summed E-state index contributed by atoms with van der Waals surface area (Å²) in [5.41, 5.74) is -0.599. The molecule has 25 heavy (non-hydrogen) atoms. The lowest BCUT2D eigenvalue weighted by molar-refractivity contribution is -0.136. The van der Waals surface area contributed by atoms with E-state index in [0.717, 1.165) is 18.5 Å². The van der Waals surface area contributed by atoms with Gasteiger partial charge in [-0.2, -0.15) is 0 Å². The Kier molecular flexibility index (Phi) is 2.08. The van der Waals surface area contributed by atoms with Crippen molar-refractivity contribution in [3.8, 4) is 5.75 Å². The van der Waals surface area contributed by atoms with Crippen molar-refractivity contribution in [3.05, 3.63) is 29.3 Å². The predicted octanol–water partition coefficient (Wildman–Crippen LogP) is -0.250. The minimum atomic E-state index is -0.971. The molecule has 4 unspecified atom stereocenters. The molecule has 6 rings (SSSR count). The Morgan fingerprint density at radius 1 is 1.12 bits per heavy atom. The Balaban J connectivity index is 1.59. The summed E-state index contributed by atoms with van der Waals surface area (Å²) in [6, 6.07) is 4.91. The second-order valence-corrected chi connectivity index (χ2v) is 8.55. The molecule has 0 aromatic heterocycles. The van der Waals surface area contributed by atoms with Crippen LogP contribution >= 0.6 is 0 Å². The predicted molar refractivity (Wildman–Crippen MR) is 86.1 cm³/mol. The number of carbonyl (C=O) groups is 2. The average molecular weight is 341 g/mol. The van der Waals surface area contributed by atoms with Crippen molar-refractivity contribution in [1.29, 1.82) is 0 Å². The van der Waals surface area contributed by atoms with Crippen molar-refractivity contribution >= 4 is 11.9 Å². The minimum absolute atomic E-state index is 0.0328. The molecule has 3 aliphatic carbocycles. The minimum Gasteiger partial charge on any atom is -0.508 e. The maximum Gasteiger partial charge on any atom is 0.322 e. The van der Waals surface area contributed by atoms with Crippen LogP contribution in [0.15, 0.2) is 18.2 Å². The van der Waals surface area contributed by atoms with Crippen LogP contribution in [0.3, 0.4) is 0 Å². The van der Waals surface area contributed by atoms with E-state index in [1.165, 1.54) is 5.56 Å². The van der Waals surface area contributed by atoms with Crippen molar-refractivity contribution < 1.29 is 19.8 Å². The number of carbonyl (C=O) groups excluding carboxylic acids is 2. The van der Waals surface area contributed by atoms with Crippen LogP contribution in [-0.2, 0) is 15.6 Å². The summed E-state index contributed by atoms with van der Waals surface area (Å²) in [5, 5.41) is 30.4. The van der Waals surface area contributed by atoms with E-state index in [1.54, 1.807) is 12.1 Å². The number of amides is 3. The third kappa shape index (κ3) is 1.23. The molecule has 0 radical (unpaired) electrons. The summed E-state index contributed by atoms with van der Waals surface area (Å²) in [5.74, 6) is -0.133. The van der Waals surface area contributed by atoms with Crippen molar-refractivity contribution in [2.45, 2.75) is 53.7 Å². The number of phenols is 1. The number of imide groups is 1. The fourth-order valence-corrected chi connectivity index (χ4v) is 6.78. The Hall–Kier alpha value is -2.12. The number of phenolic OH excluding ortho intramolecular Hbond substituents is 1. The lowest BCUT2D eigenvalue weighted by atomic mass is 9.53. The van der Waals surface area contributed by atoms with E-state index in [4.69, 9.17) is 0 Å². The molecule has 1 aromatic carbocycles. The number of fused-ring (bicyclic) bond motifs is 2. The molecule has 1 aromatic rings. The van der Waals surface area contributed by atoms with Gasteiger partial charge in [-0.15, -0.1) is 0 Å². The van der Waals surface area contributed by atoms with E-state index in [9.17, 15) is 19.8 Å². The highest BCUT2D eigenvalue weighted by Gasteiger charge is 2.81. The number of urea groups is 1. The molecule has 3 spiro atoms. The summed E-state index contributed by atoms with van der Waals surface area (Å²) in [6.07, 6.45) is 1.97. The van der Waals surface area contributed by atoms with Gasteiger partial charge in [0.2, 0.25) is 0 Å². The maximum absolute atomic E-state index is 12.5. The maximum atomic E-state index is 12.5. The van der Waals surface area contributed by atoms with Gasteiger partial charge in [0.15, 0.2) is 0 Å². The van der Waals surface area contributed by atoms with Crippen LogP contribution < -0.4 is 16.0 Å². The number of hydrogen-bond acceptors (Lipinski definition) is 5. The van der Waals surface area contributed by atoms with E-state index in [0.29, 0.717) is 19.3 Å². The molecule has 2 heterocycles. The summed E-state index contributed by atoms with van der Waals surface area (Å²) in [6.45, 7) is 0.797. The van der Waals surface area contributed by atoms with E-state index < -0.39 is 22.6 Å². The molecule has 4 fully saturated rings. The fourth-order valence-electron chi connectivity index (χ4n) is 6.78. The van der Waals surface area contributed by atoms with Crippen LogP contribution in [0.2, 0.25) is 0 Å². The molecular formula is C18H19N3O4. The Morgan fingerprint density at radius 2 is 1.96 bits per heavy atom. The van der Waals surface area contributed by atoms with Gasteiger partial charge >= 0.3 is 6.03 Å². The first-order valence-electron chi connectivity index (χ1n) is 8.79. The molecule has 7 nitrogen and oxygen atoms in total. The second-order valence-electron chi connectivity index (χ2n) is 8.55. The normalized spacial score (nSPS) is 48.4. The fraction of sp³-hybridized carbons (Fsp3) is 0.556. The molecule has 5 atom stereocenters. The quantitative estimate of drug-likeness (QED) is 0.418. The Labute approximate surface area is 143 Å². The number of hydrogen-bond donors (Lipinski definition) is 5. The van der Waals surface area contributed by atoms with Crippen LogP contribution in [0, 0.1) is 0 Å². The highest BCUT2D eigenvalue weighted by atomic mass is 16.3. The van der Waals surface area contributed by atoms with Crippen molar-refractivity contribution in [2.24, 2.45) is 0 Å². The third-order valence-corrected chi connectivity index (χ3v) is 7.70. The van der Waals surface area contributed by atoms with E-state index in [1.807, 2.05) is 6.07 Å². The zero-order chi connectivity index (χ0) is 17.2. The summed E-state index contributed by atoms with van der Waals surface area (Å²) >= 11 is 0. The van der Waals surface area contributed by atoms with Gasteiger partial charge in [0, 0.05) is 23.4 Å². The van der Waals surface area contributed by atoms with Crippen molar-refractivity contribution in [2.75, 3.05) is 6.54 Å². The Morgan fingerprint density at radius 3 is 2.64 bits per heavy atom. The lowest BCUT2D eigenvalue weighted by Crippen LogP contribution is -2.75. The monoisotopic (exact) mass is 341 g/mol. The van der Waals surface area contributed by atoms with Gasteiger partial charge in [0.25, 0.3) is 5.91 Å². The molecule has 2 saturated heterocycles. The summed E-state index contributed by atoms with van der Waals surface area (Å²) in [7, 11) is 0. The van der Waals surface area contributed by atoms with Gasteiger partial charge in [-0.05, 0) is 48.9 Å².